The van der Waals surface area contributed by atoms with Crippen molar-refractivity contribution in [1.82, 2.24) is 0 Å². The van der Waals surface area contributed by atoms with Crippen LogP contribution < -0.4 is 4.74 Å². The highest BCUT2D eigenvalue weighted by molar-refractivity contribution is 5.82. The average molecular weight is 264 g/mol. The number of ether oxygens (including phenoxy) is 1. The Morgan fingerprint density at radius 1 is 0.800 bits per heavy atom. The summed E-state index contributed by atoms with van der Waals surface area (Å²) < 4.78 is 4.90. The van der Waals surface area contributed by atoms with Gasteiger partial charge in [0.2, 0.25) is 0 Å². The summed E-state index contributed by atoms with van der Waals surface area (Å²) in [5.41, 5.74) is 0.638. The van der Waals surface area contributed by atoms with E-state index in [1.165, 1.54) is 10.8 Å². The topological polar surface area (TPSA) is 26.3 Å². The van der Waals surface area contributed by atoms with E-state index in [0.717, 1.165) is 6.29 Å². The molecule has 0 spiro atoms. The summed E-state index contributed by atoms with van der Waals surface area (Å²) in [5.74, 6) is 0.713. The lowest BCUT2D eigenvalue weighted by Crippen LogP contribution is -1.84. The zero-order valence-electron chi connectivity index (χ0n) is 11.3. The number of hydrogen-bond acceptors (Lipinski definition) is 2. The van der Waals surface area contributed by atoms with Gasteiger partial charge in [0.1, 0.15) is 12.0 Å². The Hall–Kier alpha value is -2.61. The molecule has 2 heteroatoms. The van der Waals surface area contributed by atoms with Crippen LogP contribution in [0.2, 0.25) is 0 Å². The van der Waals surface area contributed by atoms with Gasteiger partial charge in [0.15, 0.2) is 0 Å². The van der Waals surface area contributed by atoms with Crippen molar-refractivity contribution < 1.29 is 9.53 Å². The third-order valence-corrected chi connectivity index (χ3v) is 2.89. The van der Waals surface area contributed by atoms with Crippen molar-refractivity contribution in [1.29, 1.82) is 0 Å². The van der Waals surface area contributed by atoms with Crippen LogP contribution in [0.15, 0.2) is 72.8 Å². The molecule has 0 aliphatic carbocycles. The van der Waals surface area contributed by atoms with E-state index in [0.29, 0.717) is 11.3 Å². The van der Waals surface area contributed by atoms with E-state index < -0.39 is 0 Å². The van der Waals surface area contributed by atoms with Crippen LogP contribution in [-0.4, -0.2) is 13.4 Å². The summed E-state index contributed by atoms with van der Waals surface area (Å²) in [6, 6.07) is 23.7. The molecule has 0 aromatic heterocycles. The predicted octanol–water partition coefficient (Wildman–Crippen LogP) is 4.35. The van der Waals surface area contributed by atoms with Crippen LogP contribution in [0, 0.1) is 0 Å². The number of carbonyl (C=O) groups is 1. The van der Waals surface area contributed by atoms with E-state index in [1.54, 1.807) is 31.4 Å². The van der Waals surface area contributed by atoms with Crippen molar-refractivity contribution in [3.05, 3.63) is 78.4 Å². The largest absolute Gasteiger partial charge is 0.497 e. The molecule has 0 unspecified atom stereocenters. The van der Waals surface area contributed by atoms with Crippen molar-refractivity contribution in [2.75, 3.05) is 7.11 Å². The molecule has 3 aromatic rings. The van der Waals surface area contributed by atoms with E-state index in [9.17, 15) is 4.79 Å². The second kappa shape index (κ2) is 7.10. The van der Waals surface area contributed by atoms with Crippen molar-refractivity contribution in [2.45, 2.75) is 0 Å². The van der Waals surface area contributed by atoms with Crippen LogP contribution in [0.4, 0.5) is 0 Å². The summed E-state index contributed by atoms with van der Waals surface area (Å²) in [4.78, 5) is 10.2. The maximum Gasteiger partial charge on any atom is 0.150 e. The van der Waals surface area contributed by atoms with Gasteiger partial charge in [-0.25, -0.2) is 0 Å². The number of benzene rings is 3. The minimum absolute atomic E-state index is 0.638. The summed E-state index contributed by atoms with van der Waals surface area (Å²) >= 11 is 0. The van der Waals surface area contributed by atoms with Gasteiger partial charge in [0, 0.05) is 5.56 Å². The van der Waals surface area contributed by atoms with Crippen molar-refractivity contribution in [3.8, 4) is 5.75 Å². The molecule has 20 heavy (non-hydrogen) atoms. The first-order valence-electron chi connectivity index (χ1n) is 6.36. The van der Waals surface area contributed by atoms with E-state index in [4.69, 9.17) is 4.74 Å². The van der Waals surface area contributed by atoms with Gasteiger partial charge < -0.3 is 4.74 Å². The second-order valence-corrected chi connectivity index (χ2v) is 4.24. The third kappa shape index (κ3) is 3.69. The zero-order chi connectivity index (χ0) is 14.2. The maximum absolute atomic E-state index is 10.2. The number of rotatable bonds is 2. The highest BCUT2D eigenvalue weighted by atomic mass is 16.5. The lowest BCUT2D eigenvalue weighted by Gasteiger charge is -1.97. The van der Waals surface area contributed by atoms with Crippen molar-refractivity contribution >= 4 is 17.1 Å². The quantitative estimate of drug-likeness (QED) is 0.643. The number of hydrogen-bond donors (Lipinski definition) is 0. The first-order valence-corrected chi connectivity index (χ1v) is 6.36. The molecule has 100 valence electrons. The fourth-order valence-corrected chi connectivity index (χ4v) is 1.85. The Balaban J connectivity index is 0.000000147. The molecule has 0 bridgehead atoms. The Kier molecular flexibility index (Phi) is 4.90. The van der Waals surface area contributed by atoms with E-state index in [1.807, 2.05) is 0 Å². The predicted molar refractivity (Wildman–Crippen MR) is 82.3 cm³/mol. The fraction of sp³-hybridized carbons (Fsp3) is 0.0556. The van der Waals surface area contributed by atoms with Gasteiger partial charge in [0.25, 0.3) is 0 Å². The minimum atomic E-state index is 0.638. The van der Waals surface area contributed by atoms with Crippen LogP contribution in [0.1, 0.15) is 10.4 Å². The minimum Gasteiger partial charge on any atom is -0.497 e. The summed E-state index contributed by atoms with van der Waals surface area (Å²) in [7, 11) is 1.57. The van der Waals surface area contributed by atoms with Crippen LogP contribution in [0.3, 0.4) is 0 Å². The van der Waals surface area contributed by atoms with Gasteiger partial charge >= 0.3 is 0 Å². The van der Waals surface area contributed by atoms with Gasteiger partial charge in [0.05, 0.1) is 7.11 Å². The van der Waals surface area contributed by atoms with E-state index in [-0.39, 0.29) is 0 Å². The van der Waals surface area contributed by atoms with Crippen molar-refractivity contribution in [3.63, 3.8) is 0 Å². The molecule has 0 aliphatic heterocycles. The molecule has 0 aliphatic rings. The highest BCUT2D eigenvalue weighted by Crippen LogP contribution is 2.11. The number of fused-ring (bicyclic) bond motifs is 1. The molecule has 3 aromatic carbocycles. The molecule has 0 radical (unpaired) electrons. The van der Waals surface area contributed by atoms with Crippen LogP contribution in [-0.2, 0) is 0 Å². The molecular formula is C18H16O2. The summed E-state index contributed by atoms with van der Waals surface area (Å²) in [6.45, 7) is 0. The SMILES string of the molecule is COc1cccc(C=O)c1.c1ccc2ccccc2c1. The first-order chi connectivity index (χ1) is 9.83. The Bertz CT molecular complexity index is 624. The van der Waals surface area contributed by atoms with Crippen LogP contribution in [0.25, 0.3) is 10.8 Å². The van der Waals surface area contributed by atoms with E-state index >= 15 is 0 Å². The lowest BCUT2D eigenvalue weighted by molar-refractivity contribution is 0.112. The Morgan fingerprint density at radius 2 is 1.35 bits per heavy atom. The summed E-state index contributed by atoms with van der Waals surface area (Å²) in [5, 5.41) is 2.62. The Morgan fingerprint density at radius 3 is 1.80 bits per heavy atom. The third-order valence-electron chi connectivity index (χ3n) is 2.89. The molecule has 3 rings (SSSR count). The Labute approximate surface area is 118 Å². The van der Waals surface area contributed by atoms with Gasteiger partial charge in [-0.15, -0.1) is 0 Å². The monoisotopic (exact) mass is 264 g/mol. The molecule has 0 N–H and O–H groups in total. The number of carbonyl (C=O) groups excluding carboxylic acids is 1. The molecule has 0 fully saturated rings. The van der Waals surface area contributed by atoms with Crippen molar-refractivity contribution in [2.24, 2.45) is 0 Å². The standard InChI is InChI=1S/C10H8.C8H8O2/c1-2-6-10-8-4-3-7-9(10)5-1;1-10-8-4-2-3-7(5-8)6-9/h1-8H;2-6H,1H3. The molecular weight excluding hydrogens is 248 g/mol. The summed E-state index contributed by atoms with van der Waals surface area (Å²) in [6.07, 6.45) is 0.794. The smallest absolute Gasteiger partial charge is 0.150 e. The number of aldehydes is 1. The normalized spacial score (nSPS) is 9.45. The molecule has 0 saturated heterocycles. The van der Waals surface area contributed by atoms with Gasteiger partial charge in [-0.3, -0.25) is 4.79 Å². The molecule has 0 amide bonds. The maximum atomic E-state index is 10.2. The van der Waals surface area contributed by atoms with Crippen LogP contribution >= 0.6 is 0 Å². The van der Waals surface area contributed by atoms with Gasteiger partial charge in [-0.1, -0.05) is 60.7 Å². The first kappa shape index (κ1) is 13.8. The molecule has 2 nitrogen and oxygen atoms in total. The highest BCUT2D eigenvalue weighted by Gasteiger charge is 1.91. The molecule has 0 atom stereocenters. The van der Waals surface area contributed by atoms with Crippen LogP contribution in [0.5, 0.6) is 5.75 Å². The molecule has 0 heterocycles. The van der Waals surface area contributed by atoms with Gasteiger partial charge in [-0.05, 0) is 22.9 Å². The van der Waals surface area contributed by atoms with E-state index in [2.05, 4.69) is 48.5 Å². The average Bonchev–Trinajstić information content (AvgIpc) is 2.55. The second-order valence-electron chi connectivity index (χ2n) is 4.24. The zero-order valence-corrected chi connectivity index (χ0v) is 11.3. The molecule has 0 saturated carbocycles. The fourth-order valence-electron chi connectivity index (χ4n) is 1.85. The lowest BCUT2D eigenvalue weighted by atomic mass is 10.1. The van der Waals surface area contributed by atoms with Gasteiger partial charge in [-0.2, -0.15) is 0 Å². The number of methoxy groups -OCH3 is 1.